The number of benzene rings is 1. The topological polar surface area (TPSA) is 85.2 Å². The summed E-state index contributed by atoms with van der Waals surface area (Å²) in [6, 6.07) is 9.59. The van der Waals surface area contributed by atoms with Gasteiger partial charge in [0.2, 0.25) is 0 Å². The molecule has 3 aromatic rings. The number of amides is 1. The standard InChI is InChI=1S/C21H24N6O2/c1-15-6-3-4-9-27(15)20-11-19(22-13-23-20)26-12-18(24-14-26)21(28)25-16-7-5-8-17(10-16)29-2/h5,7-8,10-15H,3-4,6,9H2,1-2H3,(H,25,28). The van der Waals surface area contributed by atoms with Crippen LogP contribution in [0.15, 0.2) is 49.2 Å². The Bertz CT molecular complexity index is 1000. The lowest BCUT2D eigenvalue weighted by Gasteiger charge is -2.34. The van der Waals surface area contributed by atoms with Crippen LogP contribution in [0.25, 0.3) is 5.82 Å². The Morgan fingerprint density at radius 3 is 2.86 bits per heavy atom. The minimum Gasteiger partial charge on any atom is -0.497 e. The maximum Gasteiger partial charge on any atom is 0.275 e. The van der Waals surface area contributed by atoms with E-state index in [1.807, 2.05) is 18.2 Å². The number of nitrogens with one attached hydrogen (secondary N) is 1. The third-order valence-electron chi connectivity index (χ3n) is 5.14. The minimum absolute atomic E-state index is 0.295. The number of nitrogens with zero attached hydrogens (tertiary/aromatic N) is 5. The van der Waals surface area contributed by atoms with Crippen molar-refractivity contribution in [3.63, 3.8) is 0 Å². The highest BCUT2D eigenvalue weighted by atomic mass is 16.5. The summed E-state index contributed by atoms with van der Waals surface area (Å²) in [5, 5.41) is 2.83. The monoisotopic (exact) mass is 392 g/mol. The van der Waals surface area contributed by atoms with E-state index in [4.69, 9.17) is 4.74 Å². The van der Waals surface area contributed by atoms with Crippen LogP contribution < -0.4 is 15.0 Å². The second-order valence-electron chi connectivity index (χ2n) is 7.12. The van der Waals surface area contributed by atoms with Crippen LogP contribution in [0.1, 0.15) is 36.7 Å². The SMILES string of the molecule is COc1cccc(NC(=O)c2cn(-c3cc(N4CCCCC4C)ncn3)cn2)c1. The molecule has 4 rings (SSSR count). The predicted octanol–water partition coefficient (Wildman–Crippen LogP) is 3.30. The number of imidazole rings is 1. The fourth-order valence-corrected chi connectivity index (χ4v) is 3.54. The third-order valence-corrected chi connectivity index (χ3v) is 5.14. The van der Waals surface area contributed by atoms with E-state index >= 15 is 0 Å². The van der Waals surface area contributed by atoms with Gasteiger partial charge in [0.15, 0.2) is 0 Å². The lowest BCUT2D eigenvalue weighted by atomic mass is 10.0. The smallest absolute Gasteiger partial charge is 0.275 e. The second-order valence-corrected chi connectivity index (χ2v) is 7.12. The molecule has 0 saturated carbocycles. The molecule has 1 fully saturated rings. The number of carbonyl (C=O) groups excluding carboxylic acids is 1. The molecule has 3 heterocycles. The van der Waals surface area contributed by atoms with Crippen LogP contribution in [0.4, 0.5) is 11.5 Å². The highest BCUT2D eigenvalue weighted by Gasteiger charge is 2.20. The zero-order chi connectivity index (χ0) is 20.2. The molecular formula is C21H24N6O2. The van der Waals surface area contributed by atoms with Gasteiger partial charge in [0.25, 0.3) is 5.91 Å². The molecule has 2 aromatic heterocycles. The molecule has 8 heteroatoms. The van der Waals surface area contributed by atoms with Gasteiger partial charge in [0.05, 0.1) is 7.11 Å². The number of rotatable bonds is 5. The van der Waals surface area contributed by atoms with Gasteiger partial charge in [-0.05, 0) is 38.3 Å². The van der Waals surface area contributed by atoms with Crippen molar-refractivity contribution in [1.82, 2.24) is 19.5 Å². The average molecular weight is 392 g/mol. The van der Waals surface area contributed by atoms with E-state index in [-0.39, 0.29) is 5.91 Å². The van der Waals surface area contributed by atoms with Crippen molar-refractivity contribution in [3.8, 4) is 11.6 Å². The van der Waals surface area contributed by atoms with Crippen molar-refractivity contribution in [3.05, 3.63) is 54.9 Å². The Hall–Kier alpha value is -3.42. The molecule has 0 bridgehead atoms. The Balaban J connectivity index is 1.51. The molecule has 150 valence electrons. The van der Waals surface area contributed by atoms with Crippen LogP contribution >= 0.6 is 0 Å². The van der Waals surface area contributed by atoms with E-state index in [1.165, 1.54) is 19.3 Å². The van der Waals surface area contributed by atoms with Crippen LogP contribution in [-0.4, -0.2) is 45.1 Å². The van der Waals surface area contributed by atoms with Gasteiger partial charge in [-0.25, -0.2) is 15.0 Å². The van der Waals surface area contributed by atoms with Crippen LogP contribution in [0.3, 0.4) is 0 Å². The summed E-state index contributed by atoms with van der Waals surface area (Å²) in [6.07, 6.45) is 8.40. The first kappa shape index (κ1) is 18.9. The quantitative estimate of drug-likeness (QED) is 0.717. The molecule has 1 saturated heterocycles. The second kappa shape index (κ2) is 8.30. The average Bonchev–Trinajstić information content (AvgIpc) is 3.25. The molecule has 8 nitrogen and oxygen atoms in total. The van der Waals surface area contributed by atoms with E-state index in [9.17, 15) is 4.79 Å². The van der Waals surface area contributed by atoms with Crippen LogP contribution in [0.5, 0.6) is 5.75 Å². The van der Waals surface area contributed by atoms with Crippen molar-refractivity contribution < 1.29 is 9.53 Å². The Morgan fingerprint density at radius 2 is 2.03 bits per heavy atom. The maximum absolute atomic E-state index is 12.5. The molecule has 1 aliphatic rings. The zero-order valence-corrected chi connectivity index (χ0v) is 16.6. The first-order valence-corrected chi connectivity index (χ1v) is 9.72. The Labute approximate surface area is 169 Å². The molecule has 1 aromatic carbocycles. The Morgan fingerprint density at radius 1 is 1.17 bits per heavy atom. The maximum atomic E-state index is 12.5. The number of methoxy groups -OCH3 is 1. The van der Waals surface area contributed by atoms with Crippen molar-refractivity contribution in [2.24, 2.45) is 0 Å². The summed E-state index contributed by atoms with van der Waals surface area (Å²) < 4.78 is 6.92. The summed E-state index contributed by atoms with van der Waals surface area (Å²) in [4.78, 5) is 27.9. The fraction of sp³-hybridized carbons (Fsp3) is 0.333. The fourth-order valence-electron chi connectivity index (χ4n) is 3.54. The summed E-state index contributed by atoms with van der Waals surface area (Å²) in [5.41, 5.74) is 0.951. The van der Waals surface area contributed by atoms with Crippen LogP contribution in [0, 0.1) is 0 Å². The molecular weight excluding hydrogens is 368 g/mol. The van der Waals surface area contributed by atoms with E-state index in [1.54, 1.807) is 42.7 Å². The summed E-state index contributed by atoms with van der Waals surface area (Å²) in [5.74, 6) is 1.96. The normalized spacial score (nSPS) is 16.5. The molecule has 1 atom stereocenters. The molecule has 1 amide bonds. The molecule has 29 heavy (non-hydrogen) atoms. The highest BCUT2D eigenvalue weighted by molar-refractivity contribution is 6.02. The minimum atomic E-state index is -0.295. The zero-order valence-electron chi connectivity index (χ0n) is 16.6. The molecule has 0 spiro atoms. The lowest BCUT2D eigenvalue weighted by molar-refractivity contribution is 0.102. The lowest BCUT2D eigenvalue weighted by Crippen LogP contribution is -2.38. The molecule has 1 N–H and O–H groups in total. The number of aromatic nitrogens is 4. The van der Waals surface area contributed by atoms with E-state index in [0.717, 1.165) is 12.4 Å². The molecule has 0 aliphatic carbocycles. The first-order chi connectivity index (χ1) is 14.1. The van der Waals surface area contributed by atoms with E-state index in [2.05, 4.69) is 32.1 Å². The molecule has 1 aliphatic heterocycles. The van der Waals surface area contributed by atoms with Crippen LogP contribution in [-0.2, 0) is 0 Å². The van der Waals surface area contributed by atoms with Gasteiger partial charge in [-0.1, -0.05) is 6.07 Å². The third kappa shape index (κ3) is 4.21. The van der Waals surface area contributed by atoms with Gasteiger partial charge < -0.3 is 15.0 Å². The van der Waals surface area contributed by atoms with Gasteiger partial charge in [-0.3, -0.25) is 9.36 Å². The van der Waals surface area contributed by atoms with Gasteiger partial charge in [-0.2, -0.15) is 0 Å². The largest absolute Gasteiger partial charge is 0.497 e. The summed E-state index contributed by atoms with van der Waals surface area (Å²) >= 11 is 0. The first-order valence-electron chi connectivity index (χ1n) is 9.72. The van der Waals surface area contributed by atoms with Gasteiger partial charge in [0, 0.05) is 36.6 Å². The van der Waals surface area contributed by atoms with Gasteiger partial charge >= 0.3 is 0 Å². The highest BCUT2D eigenvalue weighted by Crippen LogP contribution is 2.24. The van der Waals surface area contributed by atoms with Gasteiger partial charge in [-0.15, -0.1) is 0 Å². The number of anilines is 2. The van der Waals surface area contributed by atoms with Crippen molar-refractivity contribution in [2.75, 3.05) is 23.9 Å². The number of hydrogen-bond acceptors (Lipinski definition) is 6. The van der Waals surface area contributed by atoms with E-state index < -0.39 is 0 Å². The predicted molar refractivity (Wildman–Crippen MR) is 111 cm³/mol. The number of carbonyl (C=O) groups is 1. The summed E-state index contributed by atoms with van der Waals surface area (Å²) in [7, 11) is 1.59. The van der Waals surface area contributed by atoms with Crippen LogP contribution in [0.2, 0.25) is 0 Å². The number of ether oxygens (including phenoxy) is 1. The van der Waals surface area contributed by atoms with Crippen molar-refractivity contribution in [1.29, 1.82) is 0 Å². The molecule has 0 radical (unpaired) electrons. The van der Waals surface area contributed by atoms with Crippen molar-refractivity contribution >= 4 is 17.4 Å². The van der Waals surface area contributed by atoms with Crippen molar-refractivity contribution in [2.45, 2.75) is 32.2 Å². The Kier molecular flexibility index (Phi) is 5.41. The van der Waals surface area contributed by atoms with E-state index in [0.29, 0.717) is 29.0 Å². The summed E-state index contributed by atoms with van der Waals surface area (Å²) in [6.45, 7) is 3.22. The number of hydrogen-bond donors (Lipinski definition) is 1. The van der Waals surface area contributed by atoms with Gasteiger partial charge in [0.1, 0.15) is 35.7 Å². The molecule has 1 unspecified atom stereocenters. The number of piperidine rings is 1.